The molecule has 0 aromatic heterocycles. The van der Waals surface area contributed by atoms with E-state index in [9.17, 15) is 19.5 Å². The van der Waals surface area contributed by atoms with Crippen LogP contribution < -0.4 is 0 Å². The predicted molar refractivity (Wildman–Crippen MR) is 162 cm³/mol. The van der Waals surface area contributed by atoms with Crippen LogP contribution in [0.2, 0.25) is 0 Å². The third-order valence-corrected chi connectivity index (χ3v) is 12.0. The van der Waals surface area contributed by atoms with Gasteiger partial charge in [-0.3, -0.25) is 14.4 Å². The molecular weight excluding hydrogens is 592 g/mol. The van der Waals surface area contributed by atoms with E-state index in [1.54, 1.807) is 33.7 Å². The lowest BCUT2D eigenvalue weighted by Crippen LogP contribution is -2.58. The lowest BCUT2D eigenvalue weighted by molar-refractivity contribution is -0.154. The van der Waals surface area contributed by atoms with Crippen LogP contribution in [0, 0.1) is 17.8 Å². The molecule has 40 heavy (non-hydrogen) atoms. The number of carbonyl (C=O) groups excluding carboxylic acids is 3. The van der Waals surface area contributed by atoms with Gasteiger partial charge in [-0.2, -0.15) is 0 Å². The van der Waals surface area contributed by atoms with Gasteiger partial charge in [0.2, 0.25) is 11.8 Å². The van der Waals surface area contributed by atoms with Crippen molar-refractivity contribution < 1.29 is 24.2 Å². The largest absolute Gasteiger partial charge is 0.465 e. The van der Waals surface area contributed by atoms with Crippen molar-refractivity contribution in [1.82, 2.24) is 9.80 Å². The van der Waals surface area contributed by atoms with Crippen molar-refractivity contribution in [1.29, 1.82) is 0 Å². The van der Waals surface area contributed by atoms with Gasteiger partial charge in [0.25, 0.3) is 0 Å². The molecule has 218 valence electrons. The third kappa shape index (κ3) is 5.53. The van der Waals surface area contributed by atoms with Gasteiger partial charge in [0, 0.05) is 23.2 Å². The van der Waals surface area contributed by atoms with E-state index >= 15 is 0 Å². The predicted octanol–water partition coefficient (Wildman–Crippen LogP) is 4.58. The number of likely N-dealkylation sites (tertiary alicyclic amines) is 1. The summed E-state index contributed by atoms with van der Waals surface area (Å²) in [6.45, 7) is 12.3. The zero-order valence-electron chi connectivity index (χ0n) is 23.4. The fraction of sp³-hybridized carbons (Fsp3) is 0.581. The van der Waals surface area contributed by atoms with E-state index in [1.807, 2.05) is 44.2 Å². The highest BCUT2D eigenvalue weighted by atomic mass is 79.9. The molecule has 1 aromatic rings. The molecule has 0 aliphatic carbocycles. The van der Waals surface area contributed by atoms with Gasteiger partial charge in [-0.1, -0.05) is 78.7 Å². The second-order valence-electron chi connectivity index (χ2n) is 11.1. The highest BCUT2D eigenvalue weighted by Crippen LogP contribution is 2.68. The number of hydrogen-bond donors (Lipinski definition) is 1. The Balaban J connectivity index is 1.75. The number of halogens is 1. The molecule has 1 N–H and O–H groups in total. The van der Waals surface area contributed by atoms with Gasteiger partial charge in [0.1, 0.15) is 6.04 Å². The van der Waals surface area contributed by atoms with E-state index < -0.39 is 28.7 Å². The van der Waals surface area contributed by atoms with Gasteiger partial charge in [-0.05, 0) is 30.7 Å². The number of alkyl halides is 1. The summed E-state index contributed by atoms with van der Waals surface area (Å²) in [5.74, 6) is -2.15. The number of allylic oxidation sites excluding steroid dienone is 1. The quantitative estimate of drug-likeness (QED) is 0.140. The van der Waals surface area contributed by atoms with E-state index in [2.05, 4.69) is 29.1 Å². The summed E-state index contributed by atoms with van der Waals surface area (Å²) in [5, 5.41) is 10.4. The third-order valence-electron chi connectivity index (χ3n) is 8.75. The zero-order valence-corrected chi connectivity index (χ0v) is 25.8. The van der Waals surface area contributed by atoms with Crippen molar-refractivity contribution in [2.45, 2.75) is 73.0 Å². The van der Waals surface area contributed by atoms with E-state index in [4.69, 9.17) is 4.74 Å². The number of esters is 1. The van der Waals surface area contributed by atoms with Crippen molar-refractivity contribution in [2.75, 3.05) is 19.8 Å². The fourth-order valence-electron chi connectivity index (χ4n) is 6.65. The van der Waals surface area contributed by atoms with Crippen LogP contribution in [0.4, 0.5) is 0 Å². The molecular formula is C31H41BrN2O5S. The lowest BCUT2D eigenvalue weighted by atomic mass is 9.71. The first-order valence-corrected chi connectivity index (χ1v) is 16.0. The van der Waals surface area contributed by atoms with E-state index in [0.29, 0.717) is 25.9 Å². The number of thioether (sulfide) groups is 1. The minimum absolute atomic E-state index is 0.0345. The van der Waals surface area contributed by atoms with Crippen molar-refractivity contribution in [2.24, 2.45) is 17.8 Å². The molecule has 0 saturated carbocycles. The summed E-state index contributed by atoms with van der Waals surface area (Å²) in [5.41, 5.74) is 0.978. The van der Waals surface area contributed by atoms with Gasteiger partial charge in [0.15, 0.2) is 0 Å². The number of aliphatic hydroxyl groups is 1. The second kappa shape index (κ2) is 13.3. The normalized spacial score (nSPS) is 30.1. The number of carbonyl (C=O) groups is 3. The van der Waals surface area contributed by atoms with Crippen molar-refractivity contribution in [3.8, 4) is 0 Å². The Morgan fingerprint density at radius 1 is 1.30 bits per heavy atom. The maximum atomic E-state index is 14.6. The Hall–Kier alpha value is -2.10. The van der Waals surface area contributed by atoms with Crippen LogP contribution in [0.5, 0.6) is 0 Å². The molecule has 3 saturated heterocycles. The van der Waals surface area contributed by atoms with Crippen LogP contribution in [0.3, 0.4) is 0 Å². The summed E-state index contributed by atoms with van der Waals surface area (Å²) in [4.78, 5) is 45.9. The molecule has 4 rings (SSSR count). The highest BCUT2D eigenvalue weighted by Gasteiger charge is 2.76. The molecule has 3 aliphatic rings. The Bertz CT molecular complexity index is 1100. The highest BCUT2D eigenvalue weighted by molar-refractivity contribution is 9.09. The molecule has 3 heterocycles. The van der Waals surface area contributed by atoms with Gasteiger partial charge < -0.3 is 19.6 Å². The van der Waals surface area contributed by atoms with Crippen LogP contribution in [0.25, 0.3) is 0 Å². The molecule has 9 heteroatoms. The number of hydrogen-bond acceptors (Lipinski definition) is 6. The molecule has 1 spiro atoms. The first kappa shape index (κ1) is 30.8. The van der Waals surface area contributed by atoms with Crippen molar-refractivity contribution >= 4 is 45.5 Å². The van der Waals surface area contributed by atoms with Crippen LogP contribution >= 0.6 is 27.7 Å². The van der Waals surface area contributed by atoms with E-state index in [0.717, 1.165) is 18.4 Å². The first-order valence-electron chi connectivity index (χ1n) is 14.2. The number of fused-ring (bicyclic) bond motifs is 1. The maximum absolute atomic E-state index is 14.6. The molecule has 0 radical (unpaired) electrons. The smallest absolute Gasteiger partial charge is 0.310 e. The molecule has 2 bridgehead atoms. The molecule has 3 fully saturated rings. The SMILES string of the molecule is C=CCCCOC(=O)[C@H]1[C@H]2C(=O)N([C@@H](CO)[C@@H](C)CC)C(C(=O)N(CC=C)Cc3ccccc3)C23CC(Br)[C@@H]1S3. The van der Waals surface area contributed by atoms with Crippen molar-refractivity contribution in [3.05, 3.63) is 61.2 Å². The Labute approximate surface area is 250 Å². The molecule has 1 aromatic carbocycles. The standard InChI is InChI=1S/C31H41BrN2O5S/c1-5-8-12-16-39-30(38)24-25-28(36)34(23(19-35)20(4)7-3)27(31(25)17-22(32)26(24)40-31)29(37)33(15-6-2)18-21-13-10-9-11-14-21/h5-6,9-11,13-14,20,22-27,35H,1-2,7-8,12,15-19H2,3-4H3/t20-,22?,23-,24-,25-,26-,27?,31?/m0/s1. The summed E-state index contributed by atoms with van der Waals surface area (Å²) in [6, 6.07) is 8.40. The van der Waals surface area contributed by atoms with Gasteiger partial charge in [0.05, 0.1) is 35.8 Å². The Kier molecular flexibility index (Phi) is 10.2. The molecule has 3 unspecified atom stereocenters. The maximum Gasteiger partial charge on any atom is 0.310 e. The number of nitrogens with zero attached hydrogens (tertiary/aromatic N) is 2. The zero-order chi connectivity index (χ0) is 29.0. The second-order valence-corrected chi connectivity index (χ2v) is 13.9. The average Bonchev–Trinajstić information content (AvgIpc) is 3.55. The monoisotopic (exact) mass is 632 g/mol. The summed E-state index contributed by atoms with van der Waals surface area (Å²) < 4.78 is 4.89. The number of aliphatic hydroxyl groups excluding tert-OH is 1. The average molecular weight is 634 g/mol. The molecule has 8 atom stereocenters. The fourth-order valence-corrected chi connectivity index (χ4v) is 10.2. The van der Waals surface area contributed by atoms with Crippen LogP contribution in [0.15, 0.2) is 55.6 Å². The minimum Gasteiger partial charge on any atom is -0.465 e. The van der Waals surface area contributed by atoms with Crippen LogP contribution in [-0.4, -0.2) is 79.4 Å². The minimum atomic E-state index is -0.812. The molecule has 7 nitrogen and oxygen atoms in total. The summed E-state index contributed by atoms with van der Waals surface area (Å²) in [6.07, 6.45) is 6.21. The van der Waals surface area contributed by atoms with E-state index in [-0.39, 0.29) is 47.0 Å². The summed E-state index contributed by atoms with van der Waals surface area (Å²) >= 11 is 5.39. The van der Waals surface area contributed by atoms with Crippen molar-refractivity contribution in [3.63, 3.8) is 0 Å². The van der Waals surface area contributed by atoms with Gasteiger partial charge in [-0.15, -0.1) is 24.9 Å². The number of amides is 2. The van der Waals surface area contributed by atoms with E-state index in [1.165, 1.54) is 0 Å². The number of unbranched alkanes of at least 4 members (excludes halogenated alkanes) is 1. The van der Waals surface area contributed by atoms with Crippen LogP contribution in [-0.2, 0) is 25.7 Å². The Morgan fingerprint density at radius 3 is 2.65 bits per heavy atom. The summed E-state index contributed by atoms with van der Waals surface area (Å²) in [7, 11) is 0. The topological polar surface area (TPSA) is 87.1 Å². The molecule has 3 aliphatic heterocycles. The number of benzene rings is 1. The van der Waals surface area contributed by atoms with Gasteiger partial charge >= 0.3 is 5.97 Å². The number of ether oxygens (including phenoxy) is 1. The Morgan fingerprint density at radius 2 is 2.02 bits per heavy atom. The molecule has 2 amide bonds. The lowest BCUT2D eigenvalue weighted by Gasteiger charge is -2.41. The first-order chi connectivity index (χ1) is 19.2. The van der Waals surface area contributed by atoms with Crippen LogP contribution in [0.1, 0.15) is 45.1 Å². The number of rotatable bonds is 14. The van der Waals surface area contributed by atoms with Gasteiger partial charge in [-0.25, -0.2) is 0 Å².